The molecule has 0 amide bonds. The fraction of sp³-hybridized carbons (Fsp3) is 0.333. The minimum atomic E-state index is 0.209. The minimum absolute atomic E-state index is 0.209. The van der Waals surface area contributed by atoms with Crippen LogP contribution in [-0.2, 0) is 6.42 Å². The molecular formula is C18H20ClN. The van der Waals surface area contributed by atoms with Gasteiger partial charge in [0, 0.05) is 10.7 Å². The topological polar surface area (TPSA) is 12.0 Å². The predicted octanol–water partition coefficient (Wildman–Crippen LogP) is 5.38. The number of halogens is 1. The van der Waals surface area contributed by atoms with Gasteiger partial charge in [0.2, 0.25) is 0 Å². The first kappa shape index (κ1) is 13.5. The lowest BCUT2D eigenvalue weighted by atomic mass is 9.85. The number of rotatable bonds is 2. The molecule has 0 fully saturated rings. The summed E-state index contributed by atoms with van der Waals surface area (Å²) in [6, 6.07) is 15.2. The van der Waals surface area contributed by atoms with Crippen molar-refractivity contribution < 1.29 is 0 Å². The predicted molar refractivity (Wildman–Crippen MR) is 86.5 cm³/mol. The summed E-state index contributed by atoms with van der Waals surface area (Å²) in [5.41, 5.74) is 5.28. The summed E-state index contributed by atoms with van der Waals surface area (Å²) in [5.74, 6) is 0. The van der Waals surface area contributed by atoms with Gasteiger partial charge in [-0.15, -0.1) is 0 Å². The average Bonchev–Trinajstić information content (AvgIpc) is 2.65. The number of hydrogen-bond donors (Lipinski definition) is 1. The van der Waals surface area contributed by atoms with Crippen LogP contribution in [0.2, 0.25) is 5.02 Å². The number of hydrogen-bond acceptors (Lipinski definition) is 1. The van der Waals surface area contributed by atoms with Gasteiger partial charge in [0.15, 0.2) is 0 Å². The summed E-state index contributed by atoms with van der Waals surface area (Å²) in [4.78, 5) is 0. The maximum Gasteiger partial charge on any atom is 0.0570 e. The lowest BCUT2D eigenvalue weighted by molar-refractivity contribution is 0.337. The van der Waals surface area contributed by atoms with E-state index in [0.29, 0.717) is 6.04 Å². The zero-order chi connectivity index (χ0) is 14.3. The van der Waals surface area contributed by atoms with Crippen molar-refractivity contribution in [2.24, 2.45) is 5.41 Å². The summed E-state index contributed by atoms with van der Waals surface area (Å²) in [6.07, 6.45) is 1.11. The quantitative estimate of drug-likeness (QED) is 0.781. The monoisotopic (exact) mass is 285 g/mol. The highest BCUT2D eigenvalue weighted by Gasteiger charge is 2.38. The third-order valence-electron chi connectivity index (χ3n) is 4.28. The first-order chi connectivity index (χ1) is 9.47. The van der Waals surface area contributed by atoms with Crippen molar-refractivity contribution in [3.8, 4) is 0 Å². The van der Waals surface area contributed by atoms with Gasteiger partial charge in [-0.1, -0.05) is 55.8 Å². The normalized spacial score (nSPS) is 19.7. The Hall–Kier alpha value is -1.47. The molecule has 0 spiro atoms. The molecule has 1 aliphatic carbocycles. The molecule has 1 aliphatic rings. The second-order valence-electron chi connectivity index (χ2n) is 6.41. The molecule has 3 rings (SSSR count). The zero-order valence-corrected chi connectivity index (χ0v) is 13.0. The van der Waals surface area contributed by atoms with Crippen molar-refractivity contribution in [2.45, 2.75) is 33.2 Å². The van der Waals surface area contributed by atoms with E-state index in [2.05, 4.69) is 55.6 Å². The summed E-state index contributed by atoms with van der Waals surface area (Å²) in [5, 5.41) is 4.49. The SMILES string of the molecule is Cc1ccc(NC2c3ccccc3CC2(C)C)cc1Cl. The van der Waals surface area contributed by atoms with Gasteiger partial charge in [-0.05, 0) is 47.6 Å². The van der Waals surface area contributed by atoms with Gasteiger partial charge in [-0.25, -0.2) is 0 Å². The van der Waals surface area contributed by atoms with Crippen LogP contribution in [0.15, 0.2) is 42.5 Å². The molecule has 1 atom stereocenters. The van der Waals surface area contributed by atoms with E-state index in [0.717, 1.165) is 22.7 Å². The summed E-state index contributed by atoms with van der Waals surface area (Å²) in [6.45, 7) is 6.67. The second-order valence-corrected chi connectivity index (χ2v) is 6.81. The Kier molecular flexibility index (Phi) is 3.25. The van der Waals surface area contributed by atoms with Crippen LogP contribution in [-0.4, -0.2) is 0 Å². The van der Waals surface area contributed by atoms with Crippen molar-refractivity contribution >= 4 is 17.3 Å². The number of benzene rings is 2. The molecule has 2 aromatic carbocycles. The van der Waals surface area contributed by atoms with E-state index in [1.807, 2.05) is 13.0 Å². The Morgan fingerprint density at radius 2 is 1.90 bits per heavy atom. The van der Waals surface area contributed by atoms with Crippen LogP contribution >= 0.6 is 11.6 Å². The van der Waals surface area contributed by atoms with E-state index in [-0.39, 0.29) is 5.41 Å². The summed E-state index contributed by atoms with van der Waals surface area (Å²) in [7, 11) is 0. The Labute approximate surface area is 126 Å². The third-order valence-corrected chi connectivity index (χ3v) is 4.68. The van der Waals surface area contributed by atoms with Crippen molar-refractivity contribution in [2.75, 3.05) is 5.32 Å². The smallest absolute Gasteiger partial charge is 0.0570 e. The summed E-state index contributed by atoms with van der Waals surface area (Å²) >= 11 is 6.23. The first-order valence-corrected chi connectivity index (χ1v) is 7.46. The van der Waals surface area contributed by atoms with Crippen LogP contribution < -0.4 is 5.32 Å². The highest BCUT2D eigenvalue weighted by Crippen LogP contribution is 2.46. The molecule has 0 aliphatic heterocycles. The van der Waals surface area contributed by atoms with E-state index in [1.165, 1.54) is 11.1 Å². The molecule has 1 nitrogen and oxygen atoms in total. The molecule has 0 aromatic heterocycles. The molecule has 20 heavy (non-hydrogen) atoms. The van der Waals surface area contributed by atoms with Crippen molar-refractivity contribution in [3.63, 3.8) is 0 Å². The molecular weight excluding hydrogens is 266 g/mol. The maximum absolute atomic E-state index is 6.23. The van der Waals surface area contributed by atoms with E-state index in [1.54, 1.807) is 0 Å². The Morgan fingerprint density at radius 3 is 2.65 bits per heavy atom. The fourth-order valence-electron chi connectivity index (χ4n) is 3.11. The molecule has 0 heterocycles. The minimum Gasteiger partial charge on any atom is -0.378 e. The van der Waals surface area contributed by atoms with Crippen molar-refractivity contribution in [3.05, 3.63) is 64.2 Å². The van der Waals surface area contributed by atoms with Gasteiger partial charge in [0.05, 0.1) is 6.04 Å². The number of nitrogens with one attached hydrogen (secondary N) is 1. The largest absolute Gasteiger partial charge is 0.378 e. The van der Waals surface area contributed by atoms with Crippen LogP contribution in [0.4, 0.5) is 5.69 Å². The number of anilines is 1. The number of fused-ring (bicyclic) bond motifs is 1. The van der Waals surface area contributed by atoms with E-state index >= 15 is 0 Å². The molecule has 1 unspecified atom stereocenters. The van der Waals surface area contributed by atoms with Crippen LogP contribution in [0.1, 0.15) is 36.6 Å². The molecule has 1 N–H and O–H groups in total. The Balaban J connectivity index is 1.94. The van der Waals surface area contributed by atoms with E-state index in [4.69, 9.17) is 11.6 Å². The van der Waals surface area contributed by atoms with Gasteiger partial charge < -0.3 is 5.32 Å². The highest BCUT2D eigenvalue weighted by molar-refractivity contribution is 6.31. The molecule has 0 radical (unpaired) electrons. The molecule has 0 bridgehead atoms. The van der Waals surface area contributed by atoms with Gasteiger partial charge in [-0.3, -0.25) is 0 Å². The first-order valence-electron chi connectivity index (χ1n) is 7.08. The lowest BCUT2D eigenvalue weighted by Gasteiger charge is -2.29. The Bertz CT molecular complexity index is 646. The van der Waals surface area contributed by atoms with Gasteiger partial charge >= 0.3 is 0 Å². The van der Waals surface area contributed by atoms with Crippen LogP contribution in [0.25, 0.3) is 0 Å². The standard InChI is InChI=1S/C18H20ClN/c1-12-8-9-14(10-16(12)19)20-17-15-7-5-4-6-13(15)11-18(17,2)3/h4-10,17,20H,11H2,1-3H3. The molecule has 2 heteroatoms. The molecule has 0 saturated carbocycles. The van der Waals surface area contributed by atoms with Crippen LogP contribution in [0.3, 0.4) is 0 Å². The maximum atomic E-state index is 6.23. The average molecular weight is 286 g/mol. The van der Waals surface area contributed by atoms with E-state index < -0.39 is 0 Å². The fourth-order valence-corrected chi connectivity index (χ4v) is 3.29. The second kappa shape index (κ2) is 4.82. The van der Waals surface area contributed by atoms with Crippen molar-refractivity contribution in [1.82, 2.24) is 0 Å². The van der Waals surface area contributed by atoms with Gasteiger partial charge in [0.1, 0.15) is 0 Å². The molecule has 104 valence electrons. The van der Waals surface area contributed by atoms with E-state index in [9.17, 15) is 0 Å². The van der Waals surface area contributed by atoms with Crippen LogP contribution in [0, 0.1) is 12.3 Å². The summed E-state index contributed by atoms with van der Waals surface area (Å²) < 4.78 is 0. The lowest BCUT2D eigenvalue weighted by Crippen LogP contribution is -2.24. The zero-order valence-electron chi connectivity index (χ0n) is 12.2. The van der Waals surface area contributed by atoms with Gasteiger partial charge in [-0.2, -0.15) is 0 Å². The molecule has 0 saturated heterocycles. The van der Waals surface area contributed by atoms with Crippen molar-refractivity contribution in [1.29, 1.82) is 0 Å². The number of aryl methyl sites for hydroxylation is 1. The van der Waals surface area contributed by atoms with Gasteiger partial charge in [0.25, 0.3) is 0 Å². The Morgan fingerprint density at radius 1 is 1.15 bits per heavy atom. The highest BCUT2D eigenvalue weighted by atomic mass is 35.5. The molecule has 2 aromatic rings. The third kappa shape index (κ3) is 2.31. The van der Waals surface area contributed by atoms with Crippen LogP contribution in [0.5, 0.6) is 0 Å².